The molecule has 3 aromatic carbocycles. The van der Waals surface area contributed by atoms with E-state index in [0.717, 1.165) is 35.8 Å². The fourth-order valence-electron chi connectivity index (χ4n) is 3.75. The second-order valence-corrected chi connectivity index (χ2v) is 9.74. The molecule has 0 saturated carbocycles. The Morgan fingerprint density at radius 3 is 2.35 bits per heavy atom. The maximum Gasteiger partial charge on any atom is 0.261 e. The number of halogens is 1. The minimum absolute atomic E-state index is 0.0898. The van der Waals surface area contributed by atoms with E-state index in [1.807, 2.05) is 43.3 Å². The summed E-state index contributed by atoms with van der Waals surface area (Å²) >= 11 is 8.78. The SMILES string of the molecule is CCCCCCOc1ccc(Br)cc1C(=O)NC(=S)Nc1ccc(C(=O)N(CC)c2ccccc2)cc1. The van der Waals surface area contributed by atoms with E-state index in [4.69, 9.17) is 17.0 Å². The number of ether oxygens (including phenoxy) is 1. The van der Waals surface area contributed by atoms with Crippen molar-refractivity contribution in [3.63, 3.8) is 0 Å². The van der Waals surface area contributed by atoms with Crippen LogP contribution in [0.3, 0.4) is 0 Å². The Bertz CT molecular complexity index is 1200. The molecule has 0 aliphatic heterocycles. The molecule has 2 N–H and O–H groups in total. The number of carbonyl (C=O) groups excluding carboxylic acids is 2. The van der Waals surface area contributed by atoms with Crippen LogP contribution in [0.1, 0.15) is 60.2 Å². The summed E-state index contributed by atoms with van der Waals surface area (Å²) in [5.74, 6) is 0.0605. The smallest absolute Gasteiger partial charge is 0.261 e. The van der Waals surface area contributed by atoms with Gasteiger partial charge in [-0.15, -0.1) is 0 Å². The molecular weight excluding hydrogens is 550 g/mol. The number of rotatable bonds is 11. The first-order valence-electron chi connectivity index (χ1n) is 12.4. The van der Waals surface area contributed by atoms with Gasteiger partial charge in [-0.05, 0) is 80.2 Å². The van der Waals surface area contributed by atoms with Gasteiger partial charge in [-0.1, -0.05) is 60.3 Å². The van der Waals surface area contributed by atoms with Crippen molar-refractivity contribution in [2.75, 3.05) is 23.4 Å². The van der Waals surface area contributed by atoms with Crippen molar-refractivity contribution in [2.45, 2.75) is 39.5 Å². The van der Waals surface area contributed by atoms with Crippen LogP contribution in [0.2, 0.25) is 0 Å². The van der Waals surface area contributed by atoms with Crippen molar-refractivity contribution >= 4 is 56.4 Å². The van der Waals surface area contributed by atoms with Crippen LogP contribution in [-0.2, 0) is 0 Å². The summed E-state index contributed by atoms with van der Waals surface area (Å²) in [4.78, 5) is 27.7. The Morgan fingerprint density at radius 1 is 0.946 bits per heavy atom. The van der Waals surface area contributed by atoms with Gasteiger partial charge in [0, 0.05) is 28.0 Å². The highest BCUT2D eigenvalue weighted by atomic mass is 79.9. The van der Waals surface area contributed by atoms with E-state index in [-0.39, 0.29) is 16.9 Å². The van der Waals surface area contributed by atoms with E-state index in [2.05, 4.69) is 33.5 Å². The number of thiocarbonyl (C=S) groups is 1. The molecule has 0 radical (unpaired) electrons. The highest BCUT2D eigenvalue weighted by molar-refractivity contribution is 9.10. The largest absolute Gasteiger partial charge is 0.493 e. The number of carbonyl (C=O) groups is 2. The van der Waals surface area contributed by atoms with Crippen LogP contribution in [-0.4, -0.2) is 30.1 Å². The van der Waals surface area contributed by atoms with Crippen LogP contribution in [0.5, 0.6) is 5.75 Å². The van der Waals surface area contributed by atoms with Crippen molar-refractivity contribution in [3.05, 3.63) is 88.4 Å². The Kier molecular flexibility index (Phi) is 11.1. The van der Waals surface area contributed by atoms with Gasteiger partial charge in [-0.25, -0.2) is 0 Å². The molecule has 0 atom stereocenters. The Labute approximate surface area is 232 Å². The fraction of sp³-hybridized carbons (Fsp3) is 0.276. The lowest BCUT2D eigenvalue weighted by Crippen LogP contribution is -2.34. The maximum atomic E-state index is 13.0. The summed E-state index contributed by atoms with van der Waals surface area (Å²) in [6, 6.07) is 21.9. The number of hydrogen-bond acceptors (Lipinski definition) is 4. The van der Waals surface area contributed by atoms with Gasteiger partial charge in [-0.2, -0.15) is 0 Å². The van der Waals surface area contributed by atoms with Gasteiger partial charge in [0.05, 0.1) is 12.2 Å². The van der Waals surface area contributed by atoms with E-state index in [1.165, 1.54) is 0 Å². The molecule has 3 rings (SSSR count). The first-order valence-corrected chi connectivity index (χ1v) is 13.6. The minimum Gasteiger partial charge on any atom is -0.493 e. The molecule has 0 saturated heterocycles. The number of nitrogens with one attached hydrogen (secondary N) is 2. The lowest BCUT2D eigenvalue weighted by atomic mass is 10.1. The third-order valence-corrected chi connectivity index (χ3v) is 6.39. The molecule has 0 aromatic heterocycles. The van der Waals surface area contributed by atoms with Gasteiger partial charge in [0.2, 0.25) is 0 Å². The predicted molar refractivity (Wildman–Crippen MR) is 158 cm³/mol. The Balaban J connectivity index is 1.60. The van der Waals surface area contributed by atoms with Crippen molar-refractivity contribution in [2.24, 2.45) is 0 Å². The molecule has 0 aliphatic rings. The number of unbranched alkanes of at least 4 members (excludes halogenated alkanes) is 3. The van der Waals surface area contributed by atoms with Gasteiger partial charge in [0.25, 0.3) is 11.8 Å². The van der Waals surface area contributed by atoms with Crippen molar-refractivity contribution < 1.29 is 14.3 Å². The van der Waals surface area contributed by atoms with Gasteiger partial charge < -0.3 is 15.0 Å². The number of para-hydroxylation sites is 1. The van der Waals surface area contributed by atoms with Crippen LogP contribution in [0, 0.1) is 0 Å². The third kappa shape index (κ3) is 8.40. The molecule has 0 unspecified atom stereocenters. The second-order valence-electron chi connectivity index (χ2n) is 8.42. The van der Waals surface area contributed by atoms with E-state index in [9.17, 15) is 9.59 Å². The Morgan fingerprint density at radius 2 is 1.68 bits per heavy atom. The van der Waals surface area contributed by atoms with Crippen LogP contribution in [0.4, 0.5) is 11.4 Å². The molecule has 2 amide bonds. The fourth-order valence-corrected chi connectivity index (χ4v) is 4.32. The average molecular weight is 583 g/mol. The lowest BCUT2D eigenvalue weighted by molar-refractivity contribution is 0.0970. The zero-order valence-electron chi connectivity index (χ0n) is 21.1. The molecule has 194 valence electrons. The molecular formula is C29H32BrN3O3S. The molecule has 6 nitrogen and oxygen atoms in total. The second kappa shape index (κ2) is 14.5. The normalized spacial score (nSPS) is 10.5. The van der Waals surface area contributed by atoms with Gasteiger partial charge >= 0.3 is 0 Å². The summed E-state index contributed by atoms with van der Waals surface area (Å²) in [5.41, 5.74) is 2.46. The molecule has 0 fully saturated rings. The van der Waals surface area contributed by atoms with E-state index >= 15 is 0 Å². The summed E-state index contributed by atoms with van der Waals surface area (Å²) in [6.07, 6.45) is 4.34. The zero-order valence-corrected chi connectivity index (χ0v) is 23.5. The van der Waals surface area contributed by atoms with Gasteiger partial charge in [0.1, 0.15) is 5.75 Å². The first-order chi connectivity index (χ1) is 17.9. The monoisotopic (exact) mass is 581 g/mol. The number of anilines is 2. The number of benzene rings is 3. The molecule has 37 heavy (non-hydrogen) atoms. The van der Waals surface area contributed by atoms with Crippen molar-refractivity contribution in [1.82, 2.24) is 5.32 Å². The summed E-state index contributed by atoms with van der Waals surface area (Å²) in [6.45, 7) is 5.21. The van der Waals surface area contributed by atoms with Crippen LogP contribution in [0.15, 0.2) is 77.3 Å². The highest BCUT2D eigenvalue weighted by Gasteiger charge is 2.17. The van der Waals surface area contributed by atoms with Crippen molar-refractivity contribution in [3.8, 4) is 5.75 Å². The number of amides is 2. The highest BCUT2D eigenvalue weighted by Crippen LogP contribution is 2.24. The van der Waals surface area contributed by atoms with Crippen LogP contribution in [0.25, 0.3) is 0 Å². The third-order valence-electron chi connectivity index (χ3n) is 5.69. The van der Waals surface area contributed by atoms with Gasteiger partial charge in [0.15, 0.2) is 5.11 Å². The average Bonchev–Trinajstić information content (AvgIpc) is 2.90. The van der Waals surface area contributed by atoms with Crippen molar-refractivity contribution in [1.29, 1.82) is 0 Å². The predicted octanol–water partition coefficient (Wildman–Crippen LogP) is 7.20. The molecule has 3 aromatic rings. The summed E-state index contributed by atoms with van der Waals surface area (Å²) < 4.78 is 6.64. The minimum atomic E-state index is -0.365. The number of nitrogens with zero attached hydrogens (tertiary/aromatic N) is 1. The summed E-state index contributed by atoms with van der Waals surface area (Å²) in [7, 11) is 0. The lowest BCUT2D eigenvalue weighted by Gasteiger charge is -2.21. The molecule has 0 heterocycles. The Hall–Kier alpha value is -3.23. The van der Waals surface area contributed by atoms with E-state index < -0.39 is 0 Å². The molecule has 0 spiro atoms. The molecule has 0 bridgehead atoms. The quantitative estimate of drug-likeness (QED) is 0.185. The van der Waals surface area contributed by atoms with Gasteiger partial charge in [-0.3, -0.25) is 14.9 Å². The molecule has 0 aliphatic carbocycles. The number of hydrogen-bond donors (Lipinski definition) is 2. The van der Waals surface area contributed by atoms with E-state index in [1.54, 1.807) is 41.3 Å². The first kappa shape index (κ1) is 28.3. The van der Waals surface area contributed by atoms with Crippen LogP contribution < -0.4 is 20.3 Å². The van der Waals surface area contributed by atoms with E-state index in [0.29, 0.717) is 35.7 Å². The molecule has 8 heteroatoms. The standard InChI is InChI=1S/C29H32BrN3O3S/c1-3-5-6-10-19-36-26-18-15-22(30)20-25(26)27(34)32-29(37)31-23-16-13-21(14-17-23)28(35)33(4-2)24-11-8-7-9-12-24/h7-9,11-18,20H,3-6,10,19H2,1-2H3,(H2,31,32,34,37). The zero-order chi connectivity index (χ0) is 26.6. The van der Waals surface area contributed by atoms with Crippen LogP contribution >= 0.6 is 28.1 Å². The maximum absolute atomic E-state index is 13.0. The summed E-state index contributed by atoms with van der Waals surface area (Å²) in [5, 5.41) is 5.87. The topological polar surface area (TPSA) is 70.7 Å².